The molecular formula is C20H25FN4O. The average molecular weight is 356 g/mol. The van der Waals surface area contributed by atoms with Crippen molar-refractivity contribution in [1.29, 1.82) is 5.26 Å². The monoisotopic (exact) mass is 356 g/mol. The van der Waals surface area contributed by atoms with Gasteiger partial charge in [0.05, 0.1) is 17.3 Å². The number of hydrogen-bond acceptors (Lipinski definition) is 4. The van der Waals surface area contributed by atoms with Crippen molar-refractivity contribution in [2.24, 2.45) is 5.92 Å². The van der Waals surface area contributed by atoms with Gasteiger partial charge in [0.15, 0.2) is 0 Å². The van der Waals surface area contributed by atoms with E-state index < -0.39 is 0 Å². The Morgan fingerprint density at radius 2 is 1.73 bits per heavy atom. The highest BCUT2D eigenvalue weighted by Crippen LogP contribution is 2.31. The summed E-state index contributed by atoms with van der Waals surface area (Å²) in [6.07, 6.45) is 4.60. The Kier molecular flexibility index (Phi) is 4.82. The van der Waals surface area contributed by atoms with Crippen LogP contribution in [0.4, 0.5) is 10.1 Å². The molecule has 0 bridgehead atoms. The fourth-order valence-electron chi connectivity index (χ4n) is 4.21. The molecule has 0 radical (unpaired) electrons. The molecular weight excluding hydrogens is 331 g/mol. The number of halogens is 1. The van der Waals surface area contributed by atoms with Crippen LogP contribution in [0.15, 0.2) is 18.2 Å². The topological polar surface area (TPSA) is 50.6 Å². The van der Waals surface area contributed by atoms with Crippen LogP contribution >= 0.6 is 0 Å². The van der Waals surface area contributed by atoms with Gasteiger partial charge in [-0.1, -0.05) is 0 Å². The lowest BCUT2D eigenvalue weighted by molar-refractivity contribution is -0.137. The lowest BCUT2D eigenvalue weighted by atomic mass is 9.95. The highest BCUT2D eigenvalue weighted by atomic mass is 19.1. The SMILES string of the molecule is N#Cc1ccc(N2CCN(C(=O)C3CCN(C4CC4)CC3)CC2)c(F)c1. The maximum absolute atomic E-state index is 14.2. The number of hydrogen-bond donors (Lipinski definition) is 0. The standard InChI is InChI=1S/C20H25FN4O/c21-18-13-15(14-22)1-4-19(18)24-9-11-25(12-10-24)20(26)16-5-7-23(8-6-16)17-2-3-17/h1,4,13,16-17H,2-3,5-12H2. The number of piperazine rings is 1. The number of nitriles is 1. The van der Waals surface area contributed by atoms with E-state index in [9.17, 15) is 9.18 Å². The summed E-state index contributed by atoms with van der Waals surface area (Å²) in [4.78, 5) is 19.3. The van der Waals surface area contributed by atoms with Gasteiger partial charge in [-0.05, 0) is 57.0 Å². The van der Waals surface area contributed by atoms with Gasteiger partial charge in [-0.3, -0.25) is 4.79 Å². The Bertz CT molecular complexity index is 711. The third-order valence-electron chi connectivity index (χ3n) is 5.95. The number of rotatable bonds is 3. The smallest absolute Gasteiger partial charge is 0.225 e. The molecule has 3 fully saturated rings. The van der Waals surface area contributed by atoms with Crippen molar-refractivity contribution in [3.63, 3.8) is 0 Å². The lowest BCUT2D eigenvalue weighted by Crippen LogP contribution is -2.52. The van der Waals surface area contributed by atoms with Gasteiger partial charge < -0.3 is 14.7 Å². The summed E-state index contributed by atoms with van der Waals surface area (Å²) in [6, 6.07) is 7.33. The summed E-state index contributed by atoms with van der Waals surface area (Å²) in [5.74, 6) is 0.0693. The highest BCUT2D eigenvalue weighted by Gasteiger charge is 2.35. The minimum absolute atomic E-state index is 0.156. The molecule has 1 aromatic rings. The van der Waals surface area contributed by atoms with E-state index in [1.54, 1.807) is 12.1 Å². The fraction of sp³-hybridized carbons (Fsp3) is 0.600. The number of carbonyl (C=O) groups is 1. The summed E-state index contributed by atoms with van der Waals surface area (Å²) in [7, 11) is 0. The van der Waals surface area contributed by atoms with Gasteiger partial charge in [-0.2, -0.15) is 5.26 Å². The van der Waals surface area contributed by atoms with Gasteiger partial charge in [0, 0.05) is 38.1 Å². The highest BCUT2D eigenvalue weighted by molar-refractivity contribution is 5.79. The Hall–Kier alpha value is -2.13. The van der Waals surface area contributed by atoms with E-state index in [4.69, 9.17) is 5.26 Å². The molecule has 1 saturated carbocycles. The minimum Gasteiger partial charge on any atom is -0.366 e. The van der Waals surface area contributed by atoms with Crippen molar-refractivity contribution < 1.29 is 9.18 Å². The second-order valence-electron chi connectivity index (χ2n) is 7.63. The van der Waals surface area contributed by atoms with Gasteiger partial charge in [0.1, 0.15) is 5.82 Å². The summed E-state index contributed by atoms with van der Waals surface area (Å²) in [5.41, 5.74) is 0.853. The Labute approximate surface area is 154 Å². The molecule has 2 heterocycles. The third-order valence-corrected chi connectivity index (χ3v) is 5.95. The summed E-state index contributed by atoms with van der Waals surface area (Å²) in [6.45, 7) is 4.65. The molecule has 0 spiro atoms. The molecule has 6 heteroatoms. The van der Waals surface area contributed by atoms with Gasteiger partial charge in [0.2, 0.25) is 5.91 Å². The van der Waals surface area contributed by atoms with Crippen LogP contribution in [0, 0.1) is 23.1 Å². The number of anilines is 1. The van der Waals surface area contributed by atoms with Crippen LogP contribution in [0.2, 0.25) is 0 Å². The summed E-state index contributed by atoms with van der Waals surface area (Å²) < 4.78 is 14.2. The van der Waals surface area contributed by atoms with Gasteiger partial charge in [0.25, 0.3) is 0 Å². The van der Waals surface area contributed by atoms with Gasteiger partial charge in [-0.25, -0.2) is 4.39 Å². The second kappa shape index (κ2) is 7.24. The average Bonchev–Trinajstić information content (AvgIpc) is 3.53. The molecule has 3 aliphatic rings. The molecule has 1 amide bonds. The van der Waals surface area contributed by atoms with E-state index in [-0.39, 0.29) is 17.6 Å². The predicted octanol–water partition coefficient (Wildman–Crippen LogP) is 2.22. The zero-order valence-corrected chi connectivity index (χ0v) is 15.0. The molecule has 2 saturated heterocycles. The molecule has 26 heavy (non-hydrogen) atoms. The Morgan fingerprint density at radius 1 is 1.04 bits per heavy atom. The zero-order valence-electron chi connectivity index (χ0n) is 15.0. The quantitative estimate of drug-likeness (QED) is 0.833. The van der Waals surface area contributed by atoms with Crippen LogP contribution in [0.25, 0.3) is 0 Å². The molecule has 0 unspecified atom stereocenters. The van der Waals surface area contributed by atoms with Crippen LogP contribution in [0.3, 0.4) is 0 Å². The van der Waals surface area contributed by atoms with Crippen LogP contribution in [-0.4, -0.2) is 61.0 Å². The first-order valence-corrected chi connectivity index (χ1v) is 9.63. The van der Waals surface area contributed by atoms with Crippen molar-refractivity contribution in [2.75, 3.05) is 44.2 Å². The van der Waals surface area contributed by atoms with Crippen molar-refractivity contribution in [3.05, 3.63) is 29.6 Å². The molecule has 4 rings (SSSR count). The van der Waals surface area contributed by atoms with Gasteiger partial charge in [-0.15, -0.1) is 0 Å². The van der Waals surface area contributed by atoms with E-state index in [2.05, 4.69) is 4.90 Å². The Balaban J connectivity index is 1.30. The molecule has 0 atom stereocenters. The number of carbonyl (C=O) groups excluding carboxylic acids is 1. The normalized spacial score (nSPS) is 22.3. The van der Waals surface area contributed by atoms with Crippen molar-refractivity contribution >= 4 is 11.6 Å². The summed E-state index contributed by atoms with van der Waals surface area (Å²) in [5, 5.41) is 8.86. The maximum Gasteiger partial charge on any atom is 0.225 e. The predicted molar refractivity (Wildman–Crippen MR) is 97.2 cm³/mol. The number of piperidine rings is 1. The number of amides is 1. The minimum atomic E-state index is -0.365. The van der Waals surface area contributed by atoms with E-state index in [1.165, 1.54) is 18.9 Å². The van der Waals surface area contributed by atoms with Gasteiger partial charge >= 0.3 is 0 Å². The van der Waals surface area contributed by atoms with E-state index >= 15 is 0 Å². The second-order valence-corrected chi connectivity index (χ2v) is 7.63. The van der Waals surface area contributed by atoms with Crippen molar-refractivity contribution in [2.45, 2.75) is 31.7 Å². The van der Waals surface area contributed by atoms with Crippen LogP contribution < -0.4 is 4.90 Å². The lowest BCUT2D eigenvalue weighted by Gasteiger charge is -2.39. The number of likely N-dealkylation sites (tertiary alicyclic amines) is 1. The largest absolute Gasteiger partial charge is 0.366 e. The molecule has 1 aliphatic carbocycles. The number of benzene rings is 1. The molecule has 0 aromatic heterocycles. The number of nitrogens with zero attached hydrogens (tertiary/aromatic N) is 4. The van der Waals surface area contributed by atoms with Crippen LogP contribution in [0.5, 0.6) is 0 Å². The van der Waals surface area contributed by atoms with Crippen molar-refractivity contribution in [1.82, 2.24) is 9.80 Å². The first-order valence-electron chi connectivity index (χ1n) is 9.63. The third kappa shape index (κ3) is 3.54. The van der Waals surface area contributed by atoms with Crippen LogP contribution in [-0.2, 0) is 4.79 Å². The van der Waals surface area contributed by atoms with E-state index in [1.807, 2.05) is 15.9 Å². The molecule has 138 valence electrons. The van der Waals surface area contributed by atoms with Crippen LogP contribution in [0.1, 0.15) is 31.2 Å². The zero-order chi connectivity index (χ0) is 18.1. The first kappa shape index (κ1) is 17.3. The van der Waals surface area contributed by atoms with E-state index in [0.29, 0.717) is 37.4 Å². The first-order chi connectivity index (χ1) is 12.7. The summed E-state index contributed by atoms with van der Waals surface area (Å²) >= 11 is 0. The maximum atomic E-state index is 14.2. The molecule has 5 nitrogen and oxygen atoms in total. The molecule has 0 N–H and O–H groups in total. The van der Waals surface area contributed by atoms with Crippen molar-refractivity contribution in [3.8, 4) is 6.07 Å². The van der Waals surface area contributed by atoms with E-state index in [0.717, 1.165) is 32.0 Å². The Morgan fingerprint density at radius 3 is 2.31 bits per heavy atom. The molecule has 1 aromatic carbocycles. The fourth-order valence-corrected chi connectivity index (χ4v) is 4.21. The molecule has 2 aliphatic heterocycles.